The van der Waals surface area contributed by atoms with Crippen molar-refractivity contribution in [3.05, 3.63) is 29.8 Å². The Bertz CT molecular complexity index is 523. The number of benzene rings is 1. The summed E-state index contributed by atoms with van der Waals surface area (Å²) in [6.45, 7) is 3.15. The predicted molar refractivity (Wildman–Crippen MR) is 68.2 cm³/mol. The van der Waals surface area contributed by atoms with Crippen LogP contribution in [0.4, 0.5) is 0 Å². The average Bonchev–Trinajstić information content (AvgIpc) is 2.36. The lowest BCUT2D eigenvalue weighted by Crippen LogP contribution is -2.31. The normalized spacial score (nSPS) is 13.1. The fourth-order valence-electron chi connectivity index (χ4n) is 1.42. The lowest BCUT2D eigenvalue weighted by Gasteiger charge is -2.10. The molecule has 2 N–H and O–H groups in total. The molecule has 1 rings (SSSR count). The second-order valence-corrected chi connectivity index (χ2v) is 6.21. The zero-order chi connectivity index (χ0) is 13.8. The van der Waals surface area contributed by atoms with E-state index >= 15 is 0 Å². The molecule has 0 heterocycles. The summed E-state index contributed by atoms with van der Waals surface area (Å²) in [7, 11) is -3.44. The van der Waals surface area contributed by atoms with Gasteiger partial charge in [-0.2, -0.15) is 0 Å². The number of carbonyl (C=O) groups excluding carboxylic acids is 1. The highest BCUT2D eigenvalue weighted by Gasteiger charge is 2.20. The topological polar surface area (TPSA) is 83.5 Å². The van der Waals surface area contributed by atoms with E-state index in [0.717, 1.165) is 0 Å². The van der Waals surface area contributed by atoms with Crippen LogP contribution in [0.25, 0.3) is 0 Å². The van der Waals surface area contributed by atoms with Gasteiger partial charge in [0, 0.05) is 6.54 Å². The second-order valence-electron chi connectivity index (χ2n) is 3.96. The van der Waals surface area contributed by atoms with Crippen molar-refractivity contribution in [2.75, 3.05) is 12.3 Å². The summed E-state index contributed by atoms with van der Waals surface area (Å²) < 4.78 is 23.7. The van der Waals surface area contributed by atoms with E-state index in [2.05, 4.69) is 5.32 Å². The van der Waals surface area contributed by atoms with Gasteiger partial charge in [0.25, 0.3) is 5.91 Å². The van der Waals surface area contributed by atoms with Gasteiger partial charge in [-0.1, -0.05) is 19.1 Å². The largest absolute Gasteiger partial charge is 0.392 e. The average molecular weight is 271 g/mol. The van der Waals surface area contributed by atoms with Crippen LogP contribution in [0.15, 0.2) is 29.2 Å². The van der Waals surface area contributed by atoms with Crippen LogP contribution in [0.2, 0.25) is 0 Å². The molecular weight excluding hydrogens is 254 g/mol. The van der Waals surface area contributed by atoms with Crippen LogP contribution in [0.3, 0.4) is 0 Å². The molecule has 18 heavy (non-hydrogen) atoms. The molecule has 100 valence electrons. The number of sulfone groups is 1. The number of rotatable bonds is 5. The Kier molecular flexibility index (Phi) is 4.86. The maximum absolute atomic E-state index is 11.8. The Morgan fingerprint density at radius 2 is 2.00 bits per heavy atom. The van der Waals surface area contributed by atoms with Crippen LogP contribution >= 0.6 is 0 Å². The minimum absolute atomic E-state index is 0.0237. The molecule has 6 heteroatoms. The standard InChI is InChI=1S/C12H17NO4S/c1-3-18(16,17)11-7-5-4-6-10(11)12(15)13-8-9(2)14/h4-7,9,14H,3,8H2,1-2H3,(H,13,15). The van der Waals surface area contributed by atoms with Crippen LogP contribution in [0, 0.1) is 0 Å². The van der Waals surface area contributed by atoms with Crippen LogP contribution < -0.4 is 5.32 Å². The van der Waals surface area contributed by atoms with Gasteiger partial charge < -0.3 is 10.4 Å². The number of hydrogen-bond donors (Lipinski definition) is 2. The highest BCUT2D eigenvalue weighted by molar-refractivity contribution is 7.91. The molecule has 0 radical (unpaired) electrons. The highest BCUT2D eigenvalue weighted by Crippen LogP contribution is 2.16. The molecule has 1 aromatic carbocycles. The number of hydrogen-bond acceptors (Lipinski definition) is 4. The zero-order valence-electron chi connectivity index (χ0n) is 10.4. The van der Waals surface area contributed by atoms with Gasteiger partial charge in [-0.3, -0.25) is 4.79 Å². The van der Waals surface area contributed by atoms with Gasteiger partial charge in [-0.05, 0) is 19.1 Å². The molecule has 0 aromatic heterocycles. The number of amides is 1. The first kappa shape index (κ1) is 14.7. The maximum atomic E-state index is 11.8. The third-order valence-corrected chi connectivity index (χ3v) is 4.19. The van der Waals surface area contributed by atoms with E-state index in [1.807, 2.05) is 0 Å². The van der Waals surface area contributed by atoms with E-state index in [4.69, 9.17) is 5.11 Å². The first-order chi connectivity index (χ1) is 8.38. The molecule has 0 bridgehead atoms. The summed E-state index contributed by atoms with van der Waals surface area (Å²) in [6, 6.07) is 6.05. The van der Waals surface area contributed by atoms with E-state index < -0.39 is 21.8 Å². The third kappa shape index (κ3) is 3.54. The van der Waals surface area contributed by atoms with E-state index in [1.165, 1.54) is 26.0 Å². The summed E-state index contributed by atoms with van der Waals surface area (Å²) >= 11 is 0. The molecule has 0 aliphatic heterocycles. The smallest absolute Gasteiger partial charge is 0.252 e. The molecule has 1 amide bonds. The predicted octanol–water partition coefficient (Wildman–Crippen LogP) is 0.591. The summed E-state index contributed by atoms with van der Waals surface area (Å²) in [6.07, 6.45) is -0.677. The van der Waals surface area contributed by atoms with Crippen molar-refractivity contribution in [2.24, 2.45) is 0 Å². The van der Waals surface area contributed by atoms with Crippen molar-refractivity contribution in [1.29, 1.82) is 0 Å². The van der Waals surface area contributed by atoms with E-state index in [-0.39, 0.29) is 22.8 Å². The Labute approximate surface area is 107 Å². The molecule has 0 aliphatic carbocycles. The highest BCUT2D eigenvalue weighted by atomic mass is 32.2. The molecule has 0 fully saturated rings. The Balaban J connectivity index is 3.07. The first-order valence-electron chi connectivity index (χ1n) is 5.66. The van der Waals surface area contributed by atoms with Crippen LogP contribution in [0.1, 0.15) is 24.2 Å². The summed E-state index contributed by atoms with van der Waals surface area (Å²) in [5.41, 5.74) is 0.111. The molecular formula is C12H17NO4S. The number of nitrogens with one attached hydrogen (secondary N) is 1. The summed E-state index contributed by atoms with van der Waals surface area (Å²) in [4.78, 5) is 11.9. The summed E-state index contributed by atoms with van der Waals surface area (Å²) in [5.74, 6) is -0.559. The van der Waals surface area contributed by atoms with Crippen LogP contribution in [0.5, 0.6) is 0 Å². The van der Waals surface area contributed by atoms with Crippen molar-refractivity contribution >= 4 is 15.7 Å². The molecule has 0 saturated heterocycles. The van der Waals surface area contributed by atoms with Crippen LogP contribution in [-0.2, 0) is 9.84 Å². The SMILES string of the molecule is CCS(=O)(=O)c1ccccc1C(=O)NCC(C)O. The summed E-state index contributed by atoms with van der Waals surface area (Å²) in [5, 5.41) is 11.6. The van der Waals surface area contributed by atoms with E-state index in [0.29, 0.717) is 0 Å². The molecule has 1 atom stereocenters. The van der Waals surface area contributed by atoms with Crippen molar-refractivity contribution in [3.63, 3.8) is 0 Å². The molecule has 0 saturated carbocycles. The lowest BCUT2D eigenvalue weighted by molar-refractivity contribution is 0.0921. The monoisotopic (exact) mass is 271 g/mol. The van der Waals surface area contributed by atoms with E-state index in [1.54, 1.807) is 12.1 Å². The molecule has 1 unspecified atom stereocenters. The van der Waals surface area contributed by atoms with Gasteiger partial charge >= 0.3 is 0 Å². The number of aliphatic hydroxyl groups is 1. The molecule has 0 aliphatic rings. The third-order valence-electron chi connectivity index (χ3n) is 2.40. The van der Waals surface area contributed by atoms with E-state index in [9.17, 15) is 13.2 Å². The minimum Gasteiger partial charge on any atom is -0.392 e. The van der Waals surface area contributed by atoms with Crippen molar-refractivity contribution < 1.29 is 18.3 Å². The molecule has 1 aromatic rings. The lowest BCUT2D eigenvalue weighted by atomic mass is 10.2. The van der Waals surface area contributed by atoms with Gasteiger partial charge in [0.05, 0.1) is 22.3 Å². The van der Waals surface area contributed by atoms with Gasteiger partial charge in [0.1, 0.15) is 0 Å². The number of carbonyl (C=O) groups is 1. The fourth-order valence-corrected chi connectivity index (χ4v) is 2.51. The van der Waals surface area contributed by atoms with Gasteiger partial charge in [0.2, 0.25) is 0 Å². The quantitative estimate of drug-likeness (QED) is 0.821. The fraction of sp³-hybridized carbons (Fsp3) is 0.417. The minimum atomic E-state index is -3.44. The Morgan fingerprint density at radius 1 is 1.39 bits per heavy atom. The van der Waals surface area contributed by atoms with Gasteiger partial charge in [-0.15, -0.1) is 0 Å². The Hall–Kier alpha value is -1.40. The molecule has 0 spiro atoms. The number of aliphatic hydroxyl groups excluding tert-OH is 1. The zero-order valence-corrected chi connectivity index (χ0v) is 11.2. The first-order valence-corrected chi connectivity index (χ1v) is 7.31. The second kappa shape index (κ2) is 5.97. The van der Waals surface area contributed by atoms with Crippen LogP contribution in [-0.4, -0.2) is 37.8 Å². The van der Waals surface area contributed by atoms with Crippen molar-refractivity contribution in [3.8, 4) is 0 Å². The van der Waals surface area contributed by atoms with Gasteiger partial charge in [0.15, 0.2) is 9.84 Å². The van der Waals surface area contributed by atoms with Crippen molar-refractivity contribution in [2.45, 2.75) is 24.8 Å². The Morgan fingerprint density at radius 3 is 2.56 bits per heavy atom. The van der Waals surface area contributed by atoms with Gasteiger partial charge in [-0.25, -0.2) is 8.42 Å². The maximum Gasteiger partial charge on any atom is 0.252 e. The molecule has 5 nitrogen and oxygen atoms in total. The van der Waals surface area contributed by atoms with Crippen molar-refractivity contribution in [1.82, 2.24) is 5.32 Å².